The lowest BCUT2D eigenvalue weighted by atomic mass is 10.1. The molecule has 0 saturated heterocycles. The number of ether oxygens (including phenoxy) is 1. The van der Waals surface area contributed by atoms with Gasteiger partial charge >= 0.3 is 12.1 Å². The van der Waals surface area contributed by atoms with Crippen LogP contribution in [-0.4, -0.2) is 12.1 Å². The quantitative estimate of drug-likeness (QED) is 0.591. The molecule has 0 radical (unpaired) electrons. The Bertz CT molecular complexity index is 354. The van der Waals surface area contributed by atoms with Crippen LogP contribution in [0.2, 0.25) is 0 Å². The second-order valence-corrected chi connectivity index (χ2v) is 3.28. The van der Waals surface area contributed by atoms with Crippen molar-refractivity contribution in [2.75, 3.05) is 0 Å². The number of aryl methyl sites for hydroxylation is 1. The predicted octanol–water partition coefficient (Wildman–Crippen LogP) is 3.11. The Morgan fingerprint density at radius 1 is 1.25 bits per heavy atom. The lowest BCUT2D eigenvalue weighted by Gasteiger charge is -2.07. The second kappa shape index (κ2) is 5.01. The highest BCUT2D eigenvalue weighted by atomic mass is 19.4. The fourth-order valence-corrected chi connectivity index (χ4v) is 1.18. The molecule has 0 aliphatic carbocycles. The fourth-order valence-electron chi connectivity index (χ4n) is 1.18. The zero-order valence-corrected chi connectivity index (χ0v) is 8.67. The first-order chi connectivity index (χ1) is 7.43. The molecule has 16 heavy (non-hydrogen) atoms. The minimum atomic E-state index is -4.96. The molecule has 0 spiro atoms. The van der Waals surface area contributed by atoms with Gasteiger partial charge in [-0.2, -0.15) is 13.2 Å². The van der Waals surface area contributed by atoms with E-state index in [0.29, 0.717) is 0 Å². The number of hydrogen-bond acceptors (Lipinski definition) is 2. The highest BCUT2D eigenvalue weighted by Gasteiger charge is 2.41. The first-order valence-corrected chi connectivity index (χ1v) is 4.81. The molecule has 5 heteroatoms. The number of hydrogen-bond donors (Lipinski definition) is 0. The van der Waals surface area contributed by atoms with Crippen molar-refractivity contribution in [1.29, 1.82) is 0 Å². The van der Waals surface area contributed by atoms with Gasteiger partial charge in [-0.1, -0.05) is 25.5 Å². The van der Waals surface area contributed by atoms with Crippen molar-refractivity contribution in [3.05, 3.63) is 29.8 Å². The van der Waals surface area contributed by atoms with Gasteiger partial charge in [-0.05, 0) is 24.1 Å². The number of alkyl halides is 3. The Balaban J connectivity index is 2.65. The molecule has 0 aliphatic heterocycles. The number of benzene rings is 1. The highest BCUT2D eigenvalue weighted by molar-refractivity contribution is 5.78. The normalized spacial score (nSPS) is 11.2. The van der Waals surface area contributed by atoms with Crippen LogP contribution in [0, 0.1) is 0 Å². The van der Waals surface area contributed by atoms with Crippen molar-refractivity contribution >= 4 is 5.97 Å². The summed E-state index contributed by atoms with van der Waals surface area (Å²) in [6.45, 7) is 2.00. The summed E-state index contributed by atoms with van der Waals surface area (Å²) in [5.41, 5.74) is 0.995. The van der Waals surface area contributed by atoms with E-state index in [1.165, 1.54) is 12.1 Å². The lowest BCUT2D eigenvalue weighted by Crippen LogP contribution is -2.27. The molecule has 0 N–H and O–H groups in total. The minimum absolute atomic E-state index is 0.0952. The molecule has 0 unspecified atom stereocenters. The molecule has 0 bridgehead atoms. The van der Waals surface area contributed by atoms with E-state index >= 15 is 0 Å². The van der Waals surface area contributed by atoms with Gasteiger partial charge in [0, 0.05) is 0 Å². The first-order valence-electron chi connectivity index (χ1n) is 4.81. The maximum atomic E-state index is 11.9. The molecule has 1 rings (SSSR count). The van der Waals surface area contributed by atoms with E-state index < -0.39 is 12.1 Å². The number of carbonyl (C=O) groups is 1. The smallest absolute Gasteiger partial charge is 0.420 e. The first kappa shape index (κ1) is 12.5. The van der Waals surface area contributed by atoms with Crippen molar-refractivity contribution in [1.82, 2.24) is 0 Å². The topological polar surface area (TPSA) is 26.3 Å². The Morgan fingerprint density at radius 2 is 1.81 bits per heavy atom. The maximum Gasteiger partial charge on any atom is 0.491 e. The van der Waals surface area contributed by atoms with E-state index in [-0.39, 0.29) is 5.75 Å². The number of esters is 1. The van der Waals surface area contributed by atoms with Crippen molar-refractivity contribution in [3.8, 4) is 5.75 Å². The number of rotatable bonds is 3. The Morgan fingerprint density at radius 3 is 2.25 bits per heavy atom. The highest BCUT2D eigenvalue weighted by Crippen LogP contribution is 2.20. The summed E-state index contributed by atoms with van der Waals surface area (Å²) in [5, 5.41) is 0. The van der Waals surface area contributed by atoms with Crippen LogP contribution in [0.5, 0.6) is 5.75 Å². The molecule has 0 aromatic heterocycles. The standard InChI is InChI=1S/C11H11F3O2/c1-2-3-8-4-6-9(7-5-8)16-10(15)11(12,13)14/h4-7H,2-3H2,1H3. The number of halogens is 3. The van der Waals surface area contributed by atoms with Gasteiger partial charge in [-0.3, -0.25) is 0 Å². The van der Waals surface area contributed by atoms with Crippen LogP contribution in [0.25, 0.3) is 0 Å². The van der Waals surface area contributed by atoms with Crippen LogP contribution in [0.1, 0.15) is 18.9 Å². The zero-order chi connectivity index (χ0) is 12.2. The molecule has 0 atom stereocenters. The van der Waals surface area contributed by atoms with Crippen molar-refractivity contribution in [2.24, 2.45) is 0 Å². The average Bonchev–Trinajstić information content (AvgIpc) is 2.20. The molecule has 0 amide bonds. The molecular formula is C11H11F3O2. The molecule has 0 fully saturated rings. The van der Waals surface area contributed by atoms with Crippen LogP contribution in [0.15, 0.2) is 24.3 Å². The predicted molar refractivity (Wildman–Crippen MR) is 52.1 cm³/mol. The molecule has 0 aliphatic rings. The van der Waals surface area contributed by atoms with E-state index in [9.17, 15) is 18.0 Å². The molecule has 1 aromatic carbocycles. The van der Waals surface area contributed by atoms with E-state index in [0.717, 1.165) is 18.4 Å². The summed E-state index contributed by atoms with van der Waals surface area (Å²) in [4.78, 5) is 10.5. The largest absolute Gasteiger partial charge is 0.491 e. The van der Waals surface area contributed by atoms with E-state index in [1.54, 1.807) is 12.1 Å². The van der Waals surface area contributed by atoms with Gasteiger partial charge in [0.05, 0.1) is 0 Å². The van der Waals surface area contributed by atoms with Crippen LogP contribution in [0.3, 0.4) is 0 Å². The third kappa shape index (κ3) is 3.56. The van der Waals surface area contributed by atoms with Crippen molar-refractivity contribution in [2.45, 2.75) is 25.9 Å². The fraction of sp³-hybridized carbons (Fsp3) is 0.364. The van der Waals surface area contributed by atoms with Crippen LogP contribution >= 0.6 is 0 Å². The molecule has 2 nitrogen and oxygen atoms in total. The van der Waals surface area contributed by atoms with Crippen LogP contribution < -0.4 is 4.74 Å². The summed E-state index contributed by atoms with van der Waals surface area (Å²) >= 11 is 0. The van der Waals surface area contributed by atoms with Gasteiger partial charge in [0.15, 0.2) is 0 Å². The molecular weight excluding hydrogens is 221 g/mol. The third-order valence-electron chi connectivity index (χ3n) is 1.90. The Hall–Kier alpha value is -1.52. The average molecular weight is 232 g/mol. The van der Waals surface area contributed by atoms with E-state index in [2.05, 4.69) is 4.74 Å². The SMILES string of the molecule is CCCc1ccc(OC(=O)C(F)(F)F)cc1. The summed E-state index contributed by atoms with van der Waals surface area (Å²) < 4.78 is 39.7. The minimum Gasteiger partial charge on any atom is -0.420 e. The molecule has 0 heterocycles. The van der Waals surface area contributed by atoms with E-state index in [1.807, 2.05) is 6.92 Å². The maximum absolute atomic E-state index is 11.9. The van der Waals surface area contributed by atoms with Gasteiger partial charge in [0.2, 0.25) is 0 Å². The number of carbonyl (C=O) groups excluding carboxylic acids is 1. The second-order valence-electron chi connectivity index (χ2n) is 3.28. The summed E-state index contributed by atoms with van der Waals surface area (Å²) in [6, 6.07) is 5.99. The van der Waals surface area contributed by atoms with Gasteiger partial charge in [0.25, 0.3) is 0 Å². The molecule has 0 saturated carbocycles. The van der Waals surface area contributed by atoms with Gasteiger partial charge in [-0.25, -0.2) is 4.79 Å². The van der Waals surface area contributed by atoms with Gasteiger partial charge in [-0.15, -0.1) is 0 Å². The Kier molecular flexibility index (Phi) is 3.93. The summed E-state index contributed by atoms with van der Waals surface area (Å²) in [6.07, 6.45) is -3.17. The Labute approximate surface area is 91.0 Å². The van der Waals surface area contributed by atoms with Gasteiger partial charge in [0.1, 0.15) is 5.75 Å². The summed E-state index contributed by atoms with van der Waals surface area (Å²) in [7, 11) is 0. The van der Waals surface area contributed by atoms with Crippen LogP contribution in [0.4, 0.5) is 13.2 Å². The monoisotopic (exact) mass is 232 g/mol. The van der Waals surface area contributed by atoms with Crippen molar-refractivity contribution < 1.29 is 22.7 Å². The molecule has 88 valence electrons. The lowest BCUT2D eigenvalue weighted by molar-refractivity contribution is -0.189. The van der Waals surface area contributed by atoms with Crippen LogP contribution in [-0.2, 0) is 11.2 Å². The molecule has 1 aromatic rings. The third-order valence-corrected chi connectivity index (χ3v) is 1.90. The summed E-state index contributed by atoms with van der Waals surface area (Å²) in [5.74, 6) is -2.29. The van der Waals surface area contributed by atoms with Gasteiger partial charge < -0.3 is 4.74 Å². The van der Waals surface area contributed by atoms with Crippen molar-refractivity contribution in [3.63, 3.8) is 0 Å². The zero-order valence-electron chi connectivity index (χ0n) is 8.67. The van der Waals surface area contributed by atoms with E-state index in [4.69, 9.17) is 0 Å².